The highest BCUT2D eigenvalue weighted by Gasteiger charge is 2.18. The summed E-state index contributed by atoms with van der Waals surface area (Å²) in [6.45, 7) is 4.96. The van der Waals surface area contributed by atoms with Crippen LogP contribution >= 0.6 is 0 Å². The van der Waals surface area contributed by atoms with Gasteiger partial charge >= 0.3 is 0 Å². The number of amidine groups is 1. The molecule has 0 unspecified atom stereocenters. The Hall–Kier alpha value is -0.860. The Morgan fingerprint density at radius 2 is 1.83 bits per heavy atom. The van der Waals surface area contributed by atoms with Crippen LogP contribution < -0.4 is 0 Å². The SMILES string of the molecule is CC(=[N-])N1CCC(C(C)=O)CC1. The average Bonchev–Trinajstić information content (AvgIpc) is 2.04. The van der Waals surface area contributed by atoms with Crippen LogP contribution in [-0.4, -0.2) is 29.6 Å². The first kappa shape index (κ1) is 9.23. The van der Waals surface area contributed by atoms with Crippen molar-refractivity contribution in [3.63, 3.8) is 0 Å². The summed E-state index contributed by atoms with van der Waals surface area (Å²) in [5.41, 5.74) is 0. The van der Waals surface area contributed by atoms with E-state index in [2.05, 4.69) is 0 Å². The van der Waals surface area contributed by atoms with E-state index in [1.54, 1.807) is 13.8 Å². The maximum atomic E-state index is 11.0. The second-order valence-electron chi connectivity index (χ2n) is 3.42. The van der Waals surface area contributed by atoms with Crippen LogP contribution in [0.25, 0.3) is 5.41 Å². The Bertz CT molecular complexity index is 171. The minimum atomic E-state index is 0.223. The van der Waals surface area contributed by atoms with Crippen LogP contribution in [0.3, 0.4) is 0 Å². The molecule has 0 radical (unpaired) electrons. The predicted molar refractivity (Wildman–Crippen MR) is 49.0 cm³/mol. The molecule has 1 aliphatic rings. The van der Waals surface area contributed by atoms with Crippen molar-refractivity contribution in [2.24, 2.45) is 5.92 Å². The van der Waals surface area contributed by atoms with E-state index < -0.39 is 0 Å². The largest absolute Gasteiger partial charge is 0.472 e. The van der Waals surface area contributed by atoms with Crippen molar-refractivity contribution in [1.29, 1.82) is 0 Å². The van der Waals surface area contributed by atoms with Crippen molar-refractivity contribution >= 4 is 11.6 Å². The lowest BCUT2D eigenvalue weighted by molar-refractivity contribution is -0.121. The molecule has 0 saturated carbocycles. The van der Waals surface area contributed by atoms with E-state index >= 15 is 0 Å². The predicted octanol–water partition coefficient (Wildman–Crippen LogP) is 1.28. The number of hydrogen-bond acceptors (Lipinski definition) is 1. The van der Waals surface area contributed by atoms with Gasteiger partial charge in [0, 0.05) is 5.92 Å². The highest BCUT2D eigenvalue weighted by atomic mass is 16.1. The van der Waals surface area contributed by atoms with Crippen LogP contribution in [-0.2, 0) is 4.79 Å². The number of Topliss-reactive ketones (excluding diaryl/α,β-unsaturated/α-hetero) is 1. The summed E-state index contributed by atoms with van der Waals surface area (Å²) in [4.78, 5) is 12.9. The van der Waals surface area contributed by atoms with Crippen molar-refractivity contribution in [3.8, 4) is 0 Å². The third kappa shape index (κ3) is 2.06. The molecule has 0 amide bonds. The van der Waals surface area contributed by atoms with Gasteiger partial charge in [-0.3, -0.25) is 4.79 Å². The lowest BCUT2D eigenvalue weighted by Crippen LogP contribution is -2.38. The summed E-state index contributed by atoms with van der Waals surface area (Å²) in [5.74, 6) is 0.878. The van der Waals surface area contributed by atoms with Gasteiger partial charge in [0.25, 0.3) is 0 Å². The van der Waals surface area contributed by atoms with Crippen molar-refractivity contribution in [2.45, 2.75) is 26.7 Å². The number of hydrogen-bond donors (Lipinski definition) is 0. The molecular formula is C9H15N2O-. The lowest BCUT2D eigenvalue weighted by atomic mass is 9.93. The molecule has 1 aliphatic heterocycles. The van der Waals surface area contributed by atoms with E-state index in [1.807, 2.05) is 4.90 Å². The summed E-state index contributed by atoms with van der Waals surface area (Å²) in [5, 5.41) is 9.16. The van der Waals surface area contributed by atoms with Gasteiger partial charge < -0.3 is 10.3 Å². The minimum Gasteiger partial charge on any atom is -0.472 e. The smallest absolute Gasteiger partial charge is 0.132 e. The van der Waals surface area contributed by atoms with Crippen molar-refractivity contribution in [1.82, 2.24) is 4.90 Å². The fourth-order valence-corrected chi connectivity index (χ4v) is 1.61. The molecule has 0 atom stereocenters. The molecule has 0 spiro atoms. The second kappa shape index (κ2) is 3.70. The van der Waals surface area contributed by atoms with E-state index in [0.717, 1.165) is 25.9 Å². The number of likely N-dealkylation sites (tertiary alicyclic amines) is 1. The van der Waals surface area contributed by atoms with Crippen molar-refractivity contribution in [2.75, 3.05) is 13.1 Å². The molecule has 1 saturated heterocycles. The maximum absolute atomic E-state index is 11.0. The standard InChI is InChI=1S/C9H15N2O/c1-7(12)9-3-5-11(6-4-9)8(2)10/h9H,3-6H2,1-2H3/q-1. The Kier molecular flexibility index (Phi) is 2.84. The third-order valence-electron chi connectivity index (χ3n) is 2.53. The minimum absolute atomic E-state index is 0.223. The normalized spacial score (nSPS) is 19.3. The van der Waals surface area contributed by atoms with E-state index in [0.29, 0.717) is 5.84 Å². The summed E-state index contributed by atoms with van der Waals surface area (Å²) >= 11 is 0. The van der Waals surface area contributed by atoms with Crippen LogP contribution in [0.4, 0.5) is 0 Å². The van der Waals surface area contributed by atoms with Gasteiger partial charge in [0.1, 0.15) is 5.78 Å². The van der Waals surface area contributed by atoms with E-state index in [4.69, 9.17) is 5.41 Å². The van der Waals surface area contributed by atoms with Gasteiger partial charge in [-0.15, -0.1) is 0 Å². The quantitative estimate of drug-likeness (QED) is 0.436. The third-order valence-corrected chi connectivity index (χ3v) is 2.53. The number of carbonyl (C=O) groups is 1. The van der Waals surface area contributed by atoms with Crippen LogP contribution in [0.5, 0.6) is 0 Å². The average molecular weight is 167 g/mol. The highest BCUT2D eigenvalue weighted by Crippen LogP contribution is 2.17. The Morgan fingerprint density at radius 1 is 1.33 bits per heavy atom. The molecule has 0 aromatic carbocycles. The molecule has 3 nitrogen and oxygen atoms in total. The molecule has 68 valence electrons. The Balaban J connectivity index is 2.39. The maximum Gasteiger partial charge on any atom is 0.132 e. The zero-order valence-corrected chi connectivity index (χ0v) is 7.71. The Morgan fingerprint density at radius 3 is 2.17 bits per heavy atom. The fourth-order valence-electron chi connectivity index (χ4n) is 1.61. The highest BCUT2D eigenvalue weighted by molar-refractivity contribution is 5.83. The second-order valence-corrected chi connectivity index (χ2v) is 3.42. The van der Waals surface area contributed by atoms with E-state index in [1.165, 1.54) is 0 Å². The molecule has 1 heterocycles. The van der Waals surface area contributed by atoms with Gasteiger partial charge in [0.15, 0.2) is 0 Å². The molecule has 0 aromatic heterocycles. The summed E-state index contributed by atoms with van der Waals surface area (Å²) in [6, 6.07) is 0. The van der Waals surface area contributed by atoms with E-state index in [-0.39, 0.29) is 11.7 Å². The number of nitrogens with zero attached hydrogens (tertiary/aromatic N) is 2. The van der Waals surface area contributed by atoms with Crippen LogP contribution in [0.15, 0.2) is 0 Å². The zero-order valence-electron chi connectivity index (χ0n) is 7.71. The van der Waals surface area contributed by atoms with Crippen molar-refractivity contribution < 1.29 is 4.79 Å². The molecular weight excluding hydrogens is 152 g/mol. The number of ketones is 1. The molecule has 0 aromatic rings. The van der Waals surface area contributed by atoms with E-state index in [9.17, 15) is 4.79 Å². The summed E-state index contributed by atoms with van der Waals surface area (Å²) in [6.07, 6.45) is 1.76. The van der Waals surface area contributed by atoms with Gasteiger partial charge in [-0.25, -0.2) is 0 Å². The first-order valence-electron chi connectivity index (χ1n) is 4.39. The van der Waals surface area contributed by atoms with Gasteiger partial charge in [-0.2, -0.15) is 0 Å². The van der Waals surface area contributed by atoms with Gasteiger partial charge in [0.05, 0.1) is 0 Å². The molecule has 0 aliphatic carbocycles. The van der Waals surface area contributed by atoms with Gasteiger partial charge in [-0.05, 0) is 39.8 Å². The van der Waals surface area contributed by atoms with Crippen LogP contribution in [0.1, 0.15) is 26.7 Å². The molecule has 12 heavy (non-hydrogen) atoms. The van der Waals surface area contributed by atoms with Gasteiger partial charge in [0.2, 0.25) is 0 Å². The summed E-state index contributed by atoms with van der Waals surface area (Å²) < 4.78 is 0. The Labute approximate surface area is 73.3 Å². The van der Waals surface area contributed by atoms with Crippen LogP contribution in [0, 0.1) is 5.92 Å². The molecule has 1 rings (SSSR count). The summed E-state index contributed by atoms with van der Waals surface area (Å²) in [7, 11) is 0. The fraction of sp³-hybridized carbons (Fsp3) is 0.778. The molecule has 1 fully saturated rings. The zero-order chi connectivity index (χ0) is 9.14. The molecule has 0 bridgehead atoms. The lowest BCUT2D eigenvalue weighted by Gasteiger charge is -2.38. The monoisotopic (exact) mass is 167 g/mol. The van der Waals surface area contributed by atoms with Crippen molar-refractivity contribution in [3.05, 3.63) is 5.41 Å². The number of piperidine rings is 1. The number of carbonyl (C=O) groups excluding carboxylic acids is 1. The number of rotatable bonds is 1. The van der Waals surface area contributed by atoms with Gasteiger partial charge in [-0.1, -0.05) is 5.84 Å². The molecule has 3 heteroatoms. The first-order chi connectivity index (χ1) is 5.61. The van der Waals surface area contributed by atoms with Crippen LogP contribution in [0.2, 0.25) is 0 Å². The first-order valence-corrected chi connectivity index (χ1v) is 4.39. The topological polar surface area (TPSA) is 42.6 Å². The molecule has 0 N–H and O–H groups in total.